The number of fused-ring (bicyclic) bond motifs is 1. The summed E-state index contributed by atoms with van der Waals surface area (Å²) in [5, 5.41) is 6.44. The average Bonchev–Trinajstić information content (AvgIpc) is 3.27. The van der Waals surface area contributed by atoms with E-state index < -0.39 is 29.4 Å². The molecular weight excluding hydrogens is 529 g/mol. The summed E-state index contributed by atoms with van der Waals surface area (Å²) in [7, 11) is 0. The Kier molecular flexibility index (Phi) is 7.90. The zero-order chi connectivity index (χ0) is 29.3. The molecule has 41 heavy (non-hydrogen) atoms. The number of aromatic nitrogens is 1. The van der Waals surface area contributed by atoms with E-state index in [2.05, 4.69) is 15.6 Å². The first-order chi connectivity index (χ1) is 19.6. The van der Waals surface area contributed by atoms with E-state index in [-0.39, 0.29) is 23.8 Å². The highest BCUT2D eigenvalue weighted by molar-refractivity contribution is 6.04. The molecule has 1 aliphatic rings. The van der Waals surface area contributed by atoms with Gasteiger partial charge in [0.2, 0.25) is 5.91 Å². The van der Waals surface area contributed by atoms with E-state index in [1.807, 2.05) is 26.0 Å². The van der Waals surface area contributed by atoms with E-state index in [0.717, 1.165) is 34.5 Å². The highest BCUT2D eigenvalue weighted by atomic mass is 19.1. The number of amides is 2. The van der Waals surface area contributed by atoms with Gasteiger partial charge in [-0.05, 0) is 91.4 Å². The lowest BCUT2D eigenvalue weighted by atomic mass is 9.91. The summed E-state index contributed by atoms with van der Waals surface area (Å²) in [6.45, 7) is 4.32. The average molecular weight is 559 g/mol. The number of nitrogens with zero attached hydrogens (tertiary/aromatic N) is 1. The lowest BCUT2D eigenvalue weighted by Gasteiger charge is -2.23. The van der Waals surface area contributed by atoms with Crippen LogP contribution in [0.1, 0.15) is 56.7 Å². The van der Waals surface area contributed by atoms with Crippen LogP contribution in [0.5, 0.6) is 0 Å². The van der Waals surface area contributed by atoms with E-state index in [1.165, 1.54) is 24.3 Å². The fourth-order valence-corrected chi connectivity index (χ4v) is 5.52. The minimum atomic E-state index is -0.902. The Labute approximate surface area is 235 Å². The van der Waals surface area contributed by atoms with Gasteiger partial charge in [-0.15, -0.1) is 0 Å². The Morgan fingerprint density at radius 3 is 2.49 bits per heavy atom. The molecule has 2 amide bonds. The van der Waals surface area contributed by atoms with E-state index in [9.17, 15) is 22.8 Å². The van der Waals surface area contributed by atoms with E-state index in [4.69, 9.17) is 5.73 Å². The van der Waals surface area contributed by atoms with Crippen molar-refractivity contribution >= 4 is 17.5 Å². The molecule has 4 N–H and O–H groups in total. The third-order valence-electron chi connectivity index (χ3n) is 7.48. The molecule has 1 aliphatic heterocycles. The van der Waals surface area contributed by atoms with Crippen LogP contribution in [0, 0.1) is 31.3 Å². The van der Waals surface area contributed by atoms with E-state index in [1.54, 1.807) is 18.3 Å². The van der Waals surface area contributed by atoms with Gasteiger partial charge in [0.1, 0.15) is 17.5 Å². The van der Waals surface area contributed by atoms with Crippen LogP contribution in [0.3, 0.4) is 0 Å². The normalized spacial score (nSPS) is 15.0. The van der Waals surface area contributed by atoms with Gasteiger partial charge >= 0.3 is 0 Å². The molecule has 5 rings (SSSR count). The molecule has 1 aromatic heterocycles. The summed E-state index contributed by atoms with van der Waals surface area (Å²) < 4.78 is 42.4. The van der Waals surface area contributed by atoms with Crippen molar-refractivity contribution < 1.29 is 22.8 Å². The van der Waals surface area contributed by atoms with Gasteiger partial charge in [0.15, 0.2) is 0 Å². The topological polar surface area (TPSA) is 97.1 Å². The Bertz CT molecular complexity index is 1640. The minimum absolute atomic E-state index is 0.0771. The highest BCUT2D eigenvalue weighted by Gasteiger charge is 2.33. The van der Waals surface area contributed by atoms with Crippen molar-refractivity contribution in [2.24, 2.45) is 5.73 Å². The van der Waals surface area contributed by atoms with Gasteiger partial charge in [-0.1, -0.05) is 24.3 Å². The number of aryl methyl sites for hydroxylation is 2. The van der Waals surface area contributed by atoms with Gasteiger partial charge < -0.3 is 16.4 Å². The van der Waals surface area contributed by atoms with Crippen molar-refractivity contribution in [3.63, 3.8) is 0 Å². The number of carbonyl (C=O) groups excluding carboxylic acids is 2. The molecule has 0 saturated heterocycles. The number of pyridine rings is 1. The largest absolute Gasteiger partial charge is 0.366 e. The summed E-state index contributed by atoms with van der Waals surface area (Å²) in [6.07, 6.45) is 2.24. The van der Waals surface area contributed by atoms with Crippen LogP contribution < -0.4 is 16.4 Å². The number of benzene rings is 3. The van der Waals surface area contributed by atoms with Gasteiger partial charge in [0, 0.05) is 23.5 Å². The standard InChI is InChI=1S/C32H29F3N4O2/c1-17-5-6-18(2)29-28(17)24(32(41)39-29)9-11-37-27(14-19-12-21(33)16-22(34)13-19)30-23(4-3-10-38-30)20-7-8-26(35)25(15-20)31(36)40/h3-8,10,12-13,15-16,24,27,37H,9,11,14H2,1-2H3,(H2,36,40)(H,39,41)/t24?,27-/m0/s1. The third-order valence-corrected chi connectivity index (χ3v) is 7.48. The number of hydrogen-bond donors (Lipinski definition) is 3. The second kappa shape index (κ2) is 11.5. The fraction of sp³-hybridized carbons (Fsp3) is 0.219. The van der Waals surface area contributed by atoms with Crippen LogP contribution in [0.4, 0.5) is 18.9 Å². The van der Waals surface area contributed by atoms with E-state index >= 15 is 0 Å². The minimum Gasteiger partial charge on any atom is -0.366 e. The number of hydrogen-bond acceptors (Lipinski definition) is 4. The SMILES string of the molecule is Cc1ccc(C)c2c1NC(=O)C2CCN[C@@H](Cc1cc(F)cc(F)c1)c1ncccc1-c1ccc(F)c(C(N)=O)c1. The number of nitrogens with two attached hydrogens (primary N) is 1. The van der Waals surface area contributed by atoms with Crippen LogP contribution in [0.2, 0.25) is 0 Å². The summed E-state index contributed by atoms with van der Waals surface area (Å²) in [5.41, 5.74) is 11.0. The summed E-state index contributed by atoms with van der Waals surface area (Å²) in [6, 6.07) is 14.3. The second-order valence-corrected chi connectivity index (χ2v) is 10.3. The number of nitrogens with one attached hydrogen (secondary N) is 2. The lowest BCUT2D eigenvalue weighted by Crippen LogP contribution is -2.28. The molecule has 0 fully saturated rings. The summed E-state index contributed by atoms with van der Waals surface area (Å²) >= 11 is 0. The third kappa shape index (κ3) is 5.85. The van der Waals surface area contributed by atoms with Crippen molar-refractivity contribution in [2.75, 3.05) is 11.9 Å². The first-order valence-electron chi connectivity index (χ1n) is 13.3. The van der Waals surface area contributed by atoms with Gasteiger partial charge in [-0.3, -0.25) is 14.6 Å². The lowest BCUT2D eigenvalue weighted by molar-refractivity contribution is -0.117. The molecular formula is C32H29F3N4O2. The predicted molar refractivity (Wildman–Crippen MR) is 151 cm³/mol. The molecule has 6 nitrogen and oxygen atoms in total. The molecule has 2 atom stereocenters. The van der Waals surface area contributed by atoms with Gasteiger partial charge in [0.25, 0.3) is 5.91 Å². The maximum atomic E-state index is 14.2. The van der Waals surface area contributed by atoms with Crippen LogP contribution >= 0.6 is 0 Å². The van der Waals surface area contributed by atoms with Crippen molar-refractivity contribution in [1.82, 2.24) is 10.3 Å². The van der Waals surface area contributed by atoms with Crippen LogP contribution in [0.15, 0.2) is 66.9 Å². The molecule has 210 valence electrons. The predicted octanol–water partition coefficient (Wildman–Crippen LogP) is 5.88. The molecule has 0 saturated carbocycles. The molecule has 0 bridgehead atoms. The zero-order valence-corrected chi connectivity index (χ0v) is 22.6. The second-order valence-electron chi connectivity index (χ2n) is 10.3. The summed E-state index contributed by atoms with van der Waals surface area (Å²) in [5.74, 6) is -3.48. The summed E-state index contributed by atoms with van der Waals surface area (Å²) in [4.78, 5) is 29.3. The Morgan fingerprint density at radius 1 is 1.02 bits per heavy atom. The van der Waals surface area contributed by atoms with Gasteiger partial charge in [-0.2, -0.15) is 0 Å². The maximum absolute atomic E-state index is 14.2. The van der Waals surface area contributed by atoms with Crippen LogP contribution in [0.25, 0.3) is 11.1 Å². The molecule has 9 heteroatoms. The van der Waals surface area contributed by atoms with Crippen molar-refractivity contribution in [1.29, 1.82) is 0 Å². The maximum Gasteiger partial charge on any atom is 0.251 e. The smallest absolute Gasteiger partial charge is 0.251 e. The number of anilines is 1. The molecule has 0 radical (unpaired) electrons. The molecule has 0 aliphatic carbocycles. The number of carbonyl (C=O) groups is 2. The van der Waals surface area contributed by atoms with Crippen molar-refractivity contribution in [2.45, 2.75) is 38.6 Å². The number of primary amides is 1. The van der Waals surface area contributed by atoms with Gasteiger partial charge in [0.05, 0.1) is 23.2 Å². The van der Waals surface area contributed by atoms with Crippen LogP contribution in [-0.4, -0.2) is 23.3 Å². The monoisotopic (exact) mass is 558 g/mol. The fourth-order valence-electron chi connectivity index (χ4n) is 5.52. The van der Waals surface area contributed by atoms with Crippen LogP contribution in [-0.2, 0) is 11.2 Å². The molecule has 0 spiro atoms. The molecule has 2 heterocycles. The van der Waals surface area contributed by atoms with E-state index in [0.29, 0.717) is 35.3 Å². The first kappa shape index (κ1) is 28.0. The van der Waals surface area contributed by atoms with Crippen molar-refractivity contribution in [3.05, 3.63) is 118 Å². The molecule has 3 aromatic carbocycles. The Balaban J connectivity index is 1.48. The quantitative estimate of drug-likeness (QED) is 0.239. The van der Waals surface area contributed by atoms with Gasteiger partial charge in [-0.25, -0.2) is 13.2 Å². The molecule has 1 unspecified atom stereocenters. The Morgan fingerprint density at radius 2 is 1.76 bits per heavy atom. The highest BCUT2D eigenvalue weighted by Crippen LogP contribution is 2.39. The number of halogens is 3. The number of rotatable bonds is 9. The van der Waals surface area contributed by atoms with Crippen molar-refractivity contribution in [3.8, 4) is 11.1 Å². The Hall–Kier alpha value is -4.50. The molecule has 4 aromatic rings. The first-order valence-corrected chi connectivity index (χ1v) is 13.3. The zero-order valence-electron chi connectivity index (χ0n) is 22.6.